The second kappa shape index (κ2) is 9.05. The molecule has 0 saturated carbocycles. The summed E-state index contributed by atoms with van der Waals surface area (Å²) < 4.78 is 32.1. The van der Waals surface area contributed by atoms with E-state index in [4.69, 9.17) is 10.00 Å². The fraction of sp³-hybridized carbons (Fsp3) is 0.300. The number of anilines is 1. The quantitative estimate of drug-likeness (QED) is 0.696. The van der Waals surface area contributed by atoms with Crippen LogP contribution in [-0.4, -0.2) is 58.5 Å². The molecule has 8 nitrogen and oxygen atoms in total. The molecule has 0 atom stereocenters. The number of methoxy groups -OCH3 is 1. The Balaban J connectivity index is 1.52. The first-order chi connectivity index (χ1) is 13.9. The third kappa shape index (κ3) is 5.12. The van der Waals surface area contributed by atoms with Crippen molar-refractivity contribution >= 4 is 21.6 Å². The van der Waals surface area contributed by atoms with Crippen molar-refractivity contribution in [2.45, 2.75) is 4.90 Å². The molecule has 1 saturated heterocycles. The highest BCUT2D eigenvalue weighted by Crippen LogP contribution is 2.19. The van der Waals surface area contributed by atoms with Crippen LogP contribution in [0.4, 0.5) is 5.69 Å². The maximum atomic E-state index is 12.8. The summed E-state index contributed by atoms with van der Waals surface area (Å²) in [6.07, 6.45) is 0. The lowest BCUT2D eigenvalue weighted by atomic mass is 10.2. The predicted molar refractivity (Wildman–Crippen MR) is 107 cm³/mol. The molecular weight excluding hydrogens is 392 g/mol. The Morgan fingerprint density at radius 3 is 2.31 bits per heavy atom. The van der Waals surface area contributed by atoms with Crippen LogP contribution in [0, 0.1) is 11.3 Å². The van der Waals surface area contributed by atoms with Gasteiger partial charge in [0.25, 0.3) is 5.91 Å². The van der Waals surface area contributed by atoms with E-state index in [1.807, 2.05) is 6.07 Å². The summed E-state index contributed by atoms with van der Waals surface area (Å²) in [7, 11) is -2.03. The van der Waals surface area contributed by atoms with Crippen molar-refractivity contribution in [1.82, 2.24) is 4.31 Å². The molecule has 0 aliphatic carbocycles. The van der Waals surface area contributed by atoms with Crippen molar-refractivity contribution in [2.75, 3.05) is 45.2 Å². The number of hydrogen-bond donors (Lipinski definition) is 2. The number of nitrogens with one attached hydrogen (secondary N) is 2. The molecule has 0 unspecified atom stereocenters. The fourth-order valence-corrected chi connectivity index (χ4v) is 4.62. The Kier molecular flexibility index (Phi) is 6.49. The molecule has 29 heavy (non-hydrogen) atoms. The number of nitriles is 1. The van der Waals surface area contributed by atoms with E-state index in [9.17, 15) is 13.2 Å². The van der Waals surface area contributed by atoms with Crippen molar-refractivity contribution in [3.8, 4) is 11.8 Å². The monoisotopic (exact) mass is 415 g/mol. The van der Waals surface area contributed by atoms with Crippen LogP contribution in [0.3, 0.4) is 0 Å². The van der Waals surface area contributed by atoms with Gasteiger partial charge in [-0.3, -0.25) is 4.79 Å². The number of nitrogens with zero attached hydrogens (tertiary/aromatic N) is 2. The summed E-state index contributed by atoms with van der Waals surface area (Å²) in [5.74, 6) is 0.461. The maximum Gasteiger partial charge on any atom is 0.279 e. The smallest absolute Gasteiger partial charge is 0.279 e. The average Bonchev–Trinajstić information content (AvgIpc) is 2.74. The molecule has 0 bridgehead atoms. The van der Waals surface area contributed by atoms with Crippen LogP contribution in [0.1, 0.15) is 5.56 Å². The van der Waals surface area contributed by atoms with Crippen LogP contribution in [0.5, 0.6) is 5.75 Å². The molecule has 1 heterocycles. The van der Waals surface area contributed by atoms with Gasteiger partial charge in [0, 0.05) is 5.69 Å². The van der Waals surface area contributed by atoms with Crippen molar-refractivity contribution in [3.63, 3.8) is 0 Å². The van der Waals surface area contributed by atoms with Gasteiger partial charge < -0.3 is 15.0 Å². The first kappa shape index (κ1) is 20.8. The number of piperazine rings is 1. The lowest BCUT2D eigenvalue weighted by molar-refractivity contribution is -0.895. The summed E-state index contributed by atoms with van der Waals surface area (Å²) >= 11 is 0. The van der Waals surface area contributed by atoms with Gasteiger partial charge in [-0.05, 0) is 48.5 Å². The lowest BCUT2D eigenvalue weighted by Gasteiger charge is -2.31. The van der Waals surface area contributed by atoms with Crippen LogP contribution in [-0.2, 0) is 14.8 Å². The van der Waals surface area contributed by atoms with Gasteiger partial charge in [0.2, 0.25) is 10.0 Å². The standard InChI is InChI=1S/C20H22N4O4S/c1-28-18-6-8-19(9-7-18)29(26,27)24-12-10-23(11-13-24)15-20(25)22-17-4-2-16(14-21)3-5-17/h2-9H,10-13,15H2,1H3,(H,22,25)/p+1. The van der Waals surface area contributed by atoms with Crippen molar-refractivity contribution in [3.05, 3.63) is 54.1 Å². The summed E-state index contributed by atoms with van der Waals surface area (Å²) in [6.45, 7) is 2.07. The van der Waals surface area contributed by atoms with E-state index in [1.54, 1.807) is 48.5 Å². The predicted octanol–water partition coefficient (Wildman–Crippen LogP) is 0.0948. The largest absolute Gasteiger partial charge is 0.497 e. The topological polar surface area (TPSA) is 104 Å². The maximum absolute atomic E-state index is 12.8. The third-order valence-electron chi connectivity index (χ3n) is 4.84. The van der Waals surface area contributed by atoms with Crippen molar-refractivity contribution in [2.24, 2.45) is 0 Å². The van der Waals surface area contributed by atoms with Gasteiger partial charge in [-0.2, -0.15) is 9.57 Å². The molecule has 2 aromatic rings. The van der Waals surface area contributed by atoms with Gasteiger partial charge in [0.1, 0.15) is 5.75 Å². The number of quaternary nitrogens is 1. The molecule has 1 aliphatic rings. The van der Waals surface area contributed by atoms with Gasteiger partial charge in [-0.25, -0.2) is 8.42 Å². The zero-order valence-corrected chi connectivity index (χ0v) is 16.9. The Morgan fingerprint density at radius 1 is 1.14 bits per heavy atom. The number of carbonyl (C=O) groups is 1. The second-order valence-electron chi connectivity index (χ2n) is 6.74. The van der Waals surface area contributed by atoms with E-state index in [0.29, 0.717) is 43.2 Å². The zero-order chi connectivity index (χ0) is 20.9. The van der Waals surface area contributed by atoms with Crippen LogP contribution < -0.4 is 15.0 Å². The Hall–Kier alpha value is -2.93. The van der Waals surface area contributed by atoms with E-state index in [1.165, 1.54) is 11.4 Å². The van der Waals surface area contributed by atoms with Crippen molar-refractivity contribution < 1.29 is 22.8 Å². The first-order valence-electron chi connectivity index (χ1n) is 9.20. The Labute approximate surface area is 170 Å². The molecule has 0 radical (unpaired) electrons. The summed E-state index contributed by atoms with van der Waals surface area (Å²) in [4.78, 5) is 13.5. The molecular formula is C20H23N4O4S+. The van der Waals surface area contributed by atoms with E-state index in [0.717, 1.165) is 4.90 Å². The number of carbonyl (C=O) groups excluding carboxylic acids is 1. The SMILES string of the molecule is COc1ccc(S(=O)(=O)N2CC[NH+](CC(=O)Nc3ccc(C#N)cc3)CC2)cc1. The molecule has 2 aromatic carbocycles. The number of rotatable bonds is 6. The molecule has 0 spiro atoms. The number of sulfonamides is 1. The molecule has 152 valence electrons. The van der Waals surface area contributed by atoms with Crippen LogP contribution in [0.15, 0.2) is 53.4 Å². The summed E-state index contributed by atoms with van der Waals surface area (Å²) in [5, 5.41) is 11.6. The highest BCUT2D eigenvalue weighted by Gasteiger charge is 2.31. The Bertz CT molecular complexity index is 990. The minimum atomic E-state index is -3.56. The van der Waals surface area contributed by atoms with E-state index in [2.05, 4.69) is 5.32 Å². The molecule has 3 rings (SSSR count). The number of benzene rings is 2. The van der Waals surface area contributed by atoms with Gasteiger partial charge in [0.15, 0.2) is 6.54 Å². The minimum Gasteiger partial charge on any atom is -0.497 e. The van der Waals surface area contributed by atoms with Crippen LogP contribution in [0.2, 0.25) is 0 Å². The van der Waals surface area contributed by atoms with E-state index >= 15 is 0 Å². The number of hydrogen-bond acceptors (Lipinski definition) is 5. The fourth-order valence-electron chi connectivity index (χ4n) is 3.18. The normalized spacial score (nSPS) is 15.4. The highest BCUT2D eigenvalue weighted by atomic mass is 32.2. The third-order valence-corrected chi connectivity index (χ3v) is 6.75. The summed E-state index contributed by atoms with van der Waals surface area (Å²) in [6, 6.07) is 15.0. The molecule has 1 aliphatic heterocycles. The number of amides is 1. The highest BCUT2D eigenvalue weighted by molar-refractivity contribution is 7.89. The lowest BCUT2D eigenvalue weighted by Crippen LogP contribution is -3.15. The van der Waals surface area contributed by atoms with Gasteiger partial charge in [-0.1, -0.05) is 0 Å². The molecule has 1 amide bonds. The van der Waals surface area contributed by atoms with Crippen LogP contribution in [0.25, 0.3) is 0 Å². The van der Waals surface area contributed by atoms with E-state index in [-0.39, 0.29) is 17.3 Å². The van der Waals surface area contributed by atoms with Gasteiger partial charge in [0.05, 0.1) is 49.8 Å². The second-order valence-corrected chi connectivity index (χ2v) is 8.68. The summed E-state index contributed by atoms with van der Waals surface area (Å²) in [5.41, 5.74) is 1.16. The molecule has 9 heteroatoms. The Morgan fingerprint density at radius 2 is 1.76 bits per heavy atom. The number of ether oxygens (including phenoxy) is 1. The zero-order valence-electron chi connectivity index (χ0n) is 16.1. The van der Waals surface area contributed by atoms with E-state index < -0.39 is 10.0 Å². The minimum absolute atomic E-state index is 0.142. The first-order valence-corrected chi connectivity index (χ1v) is 10.6. The molecule has 0 aromatic heterocycles. The van der Waals surface area contributed by atoms with Gasteiger partial charge >= 0.3 is 0 Å². The molecule has 1 fully saturated rings. The average molecular weight is 415 g/mol. The van der Waals surface area contributed by atoms with Crippen molar-refractivity contribution in [1.29, 1.82) is 5.26 Å². The van der Waals surface area contributed by atoms with Crippen LogP contribution >= 0.6 is 0 Å². The van der Waals surface area contributed by atoms with Gasteiger partial charge in [-0.15, -0.1) is 0 Å². The molecule has 2 N–H and O–H groups in total.